The Morgan fingerprint density at radius 3 is 1.91 bits per heavy atom. The first kappa shape index (κ1) is 28.4. The van der Waals surface area contributed by atoms with Gasteiger partial charge in [-0.05, 0) is 46.7 Å². The molecule has 0 amide bonds. The molecule has 0 unspecified atom stereocenters. The maximum Gasteiger partial charge on any atom is 0.438 e. The van der Waals surface area contributed by atoms with Crippen LogP contribution in [-0.2, 0) is 35.6 Å². The van der Waals surface area contributed by atoms with Gasteiger partial charge in [0.25, 0.3) is 0 Å². The number of halogens is 7. The van der Waals surface area contributed by atoms with Gasteiger partial charge >= 0.3 is 29.9 Å². The molecule has 0 bridgehead atoms. The number of alkyl halides is 6. The molecule has 0 aromatic heterocycles. The first-order valence-corrected chi connectivity index (χ1v) is 11.3. The van der Waals surface area contributed by atoms with E-state index in [-0.39, 0.29) is 6.61 Å². The summed E-state index contributed by atoms with van der Waals surface area (Å²) in [5.41, 5.74) is -4.67. The van der Waals surface area contributed by atoms with Crippen LogP contribution in [-0.4, -0.2) is 55.2 Å². The predicted octanol–water partition coefficient (Wildman–Crippen LogP) is 3.50. The molecule has 1 aromatic carbocycles. The normalized spacial score (nSPS) is 13.0. The molecule has 0 saturated carbocycles. The first-order chi connectivity index (χ1) is 14.5. The Morgan fingerprint density at radius 1 is 0.938 bits per heavy atom. The molecule has 0 spiro atoms. The van der Waals surface area contributed by atoms with Crippen LogP contribution < -0.4 is 0 Å². The van der Waals surface area contributed by atoms with Crippen LogP contribution in [0.4, 0.5) is 26.3 Å². The maximum absolute atomic E-state index is 13.0. The van der Waals surface area contributed by atoms with Crippen molar-refractivity contribution in [3.05, 3.63) is 33.4 Å². The summed E-state index contributed by atoms with van der Waals surface area (Å²) < 4.78 is 119. The van der Waals surface area contributed by atoms with Gasteiger partial charge in [0.15, 0.2) is 0 Å². The lowest BCUT2D eigenvalue weighted by Gasteiger charge is -2.36. The van der Waals surface area contributed by atoms with Crippen LogP contribution >= 0.6 is 22.6 Å². The minimum atomic E-state index is -6.44. The van der Waals surface area contributed by atoms with Crippen molar-refractivity contribution in [1.29, 1.82) is 0 Å². The largest absolute Gasteiger partial charge is 0.748 e. The van der Waals surface area contributed by atoms with Gasteiger partial charge in [-0.1, -0.05) is 12.1 Å². The van der Waals surface area contributed by atoms with Crippen molar-refractivity contribution >= 4 is 44.6 Å². The highest BCUT2D eigenvalue weighted by atomic mass is 127. The minimum Gasteiger partial charge on any atom is -0.748 e. The molecule has 0 N–H and O–H groups in total. The van der Waals surface area contributed by atoms with Gasteiger partial charge in [0.1, 0.15) is 0 Å². The highest BCUT2D eigenvalue weighted by Gasteiger charge is 2.75. The molecule has 0 fully saturated rings. The number of esters is 2. The molecule has 7 nitrogen and oxygen atoms in total. The summed E-state index contributed by atoms with van der Waals surface area (Å²) >= 11 is 2.09. The lowest BCUT2D eigenvalue weighted by atomic mass is 10.1. The van der Waals surface area contributed by atoms with Crippen LogP contribution in [0.5, 0.6) is 0 Å². The minimum absolute atomic E-state index is 0.0451. The number of carbonyl (C=O) groups excluding carboxylic acids is 2. The first-order valence-electron chi connectivity index (χ1n) is 8.66. The van der Waals surface area contributed by atoms with Crippen LogP contribution in [0.1, 0.15) is 24.8 Å². The summed E-state index contributed by atoms with van der Waals surface area (Å²) in [6.45, 7) is -0.0451. The van der Waals surface area contributed by atoms with E-state index in [1.165, 1.54) is 0 Å². The Labute approximate surface area is 192 Å². The summed E-state index contributed by atoms with van der Waals surface area (Å²) in [6, 6.07) is 7.23. The van der Waals surface area contributed by atoms with Crippen molar-refractivity contribution in [3.63, 3.8) is 0 Å². The molecule has 0 aliphatic carbocycles. The smallest absolute Gasteiger partial charge is 0.438 e. The number of ether oxygens (including phenoxy) is 2. The fourth-order valence-corrected chi connectivity index (χ4v) is 3.59. The third-order valence-electron chi connectivity index (χ3n) is 3.91. The van der Waals surface area contributed by atoms with Crippen molar-refractivity contribution in [2.45, 2.75) is 43.6 Å². The van der Waals surface area contributed by atoms with E-state index in [0.29, 0.717) is 6.42 Å². The lowest BCUT2D eigenvalue weighted by molar-refractivity contribution is -0.361. The molecule has 0 saturated heterocycles. The Hall–Kier alpha value is -1.62. The SMILES string of the molecule is O=C(CCCC(=O)OC(CS(=O)(=O)[O-])(C(F)(F)F)C(F)(F)F)OCCc1ccc(I)cc1. The molecule has 0 atom stereocenters. The van der Waals surface area contributed by atoms with Gasteiger partial charge < -0.3 is 14.0 Å². The molecule has 0 aliphatic heterocycles. The zero-order valence-electron chi connectivity index (χ0n) is 16.0. The molecule has 1 aromatic rings. The molecule has 1 rings (SSSR count). The van der Waals surface area contributed by atoms with E-state index in [9.17, 15) is 48.9 Å². The van der Waals surface area contributed by atoms with Gasteiger partial charge in [0.05, 0.1) is 22.5 Å². The van der Waals surface area contributed by atoms with Crippen LogP contribution in [0.25, 0.3) is 0 Å². The zero-order valence-corrected chi connectivity index (χ0v) is 18.9. The number of carbonyl (C=O) groups is 2. The predicted molar refractivity (Wildman–Crippen MR) is 103 cm³/mol. The highest BCUT2D eigenvalue weighted by molar-refractivity contribution is 14.1. The number of benzene rings is 1. The van der Waals surface area contributed by atoms with Gasteiger partial charge in [-0.2, -0.15) is 26.3 Å². The number of hydrogen-bond donors (Lipinski definition) is 0. The third kappa shape index (κ3) is 8.73. The van der Waals surface area contributed by atoms with E-state index in [0.717, 1.165) is 9.13 Å². The fourth-order valence-electron chi connectivity index (χ4n) is 2.35. The summed E-state index contributed by atoms with van der Waals surface area (Å²) in [4.78, 5) is 23.2. The third-order valence-corrected chi connectivity index (χ3v) is 5.39. The Bertz CT molecular complexity index is 883. The Kier molecular flexibility index (Phi) is 9.77. The molecule has 182 valence electrons. The van der Waals surface area contributed by atoms with Crippen LogP contribution in [0.2, 0.25) is 0 Å². The summed E-state index contributed by atoms with van der Waals surface area (Å²) in [6.07, 6.45) is -14.7. The van der Waals surface area contributed by atoms with Crippen molar-refractivity contribution < 1.29 is 58.4 Å². The highest BCUT2D eigenvalue weighted by Crippen LogP contribution is 2.47. The van der Waals surface area contributed by atoms with Crippen LogP contribution in [0, 0.1) is 3.57 Å². The Morgan fingerprint density at radius 2 is 1.44 bits per heavy atom. The number of rotatable bonds is 10. The molecule has 0 radical (unpaired) electrons. The summed E-state index contributed by atoms with van der Waals surface area (Å²) in [5.74, 6) is -6.02. The average Bonchev–Trinajstić information content (AvgIpc) is 2.59. The van der Waals surface area contributed by atoms with Crippen molar-refractivity contribution in [2.24, 2.45) is 0 Å². The summed E-state index contributed by atoms with van der Waals surface area (Å²) in [5, 5.41) is 0. The van der Waals surface area contributed by atoms with E-state index < -0.39 is 65.0 Å². The standard InChI is InChI=1S/C17H17F6IO7S/c18-16(19,20)15(17(21,22)23,10-32(27,28)29)31-14(26)3-1-2-13(25)30-9-8-11-4-6-12(24)7-5-11/h4-7H,1-3,8-10H2,(H,27,28,29)/p-1. The molecular formula is C17H16F6IO7S-. The zero-order chi connectivity index (χ0) is 24.8. The molecule has 32 heavy (non-hydrogen) atoms. The second kappa shape index (κ2) is 11.0. The van der Waals surface area contributed by atoms with Gasteiger partial charge in [-0.15, -0.1) is 0 Å². The lowest BCUT2D eigenvalue weighted by Crippen LogP contribution is -2.63. The molecular weight excluding hydrogens is 589 g/mol. The summed E-state index contributed by atoms with van der Waals surface area (Å²) in [7, 11) is -6.11. The second-order valence-corrected chi connectivity index (χ2v) is 9.10. The molecule has 0 aliphatic rings. The van der Waals surface area contributed by atoms with E-state index in [1.54, 1.807) is 12.1 Å². The van der Waals surface area contributed by atoms with Crippen LogP contribution in [0.3, 0.4) is 0 Å². The van der Waals surface area contributed by atoms with E-state index in [4.69, 9.17) is 4.74 Å². The topological polar surface area (TPSA) is 110 Å². The quantitative estimate of drug-likeness (QED) is 0.174. The van der Waals surface area contributed by atoms with E-state index in [2.05, 4.69) is 27.3 Å². The Balaban J connectivity index is 2.63. The van der Waals surface area contributed by atoms with Gasteiger partial charge in [-0.25, -0.2) is 8.42 Å². The van der Waals surface area contributed by atoms with Gasteiger partial charge in [-0.3, -0.25) is 9.59 Å². The molecule has 0 heterocycles. The van der Waals surface area contributed by atoms with Gasteiger partial charge in [0, 0.05) is 22.8 Å². The van der Waals surface area contributed by atoms with Crippen molar-refractivity contribution in [3.8, 4) is 0 Å². The van der Waals surface area contributed by atoms with Crippen molar-refractivity contribution in [2.75, 3.05) is 12.4 Å². The van der Waals surface area contributed by atoms with E-state index >= 15 is 0 Å². The molecule has 15 heteroatoms. The second-order valence-electron chi connectivity index (χ2n) is 6.45. The van der Waals surface area contributed by atoms with E-state index in [1.807, 2.05) is 12.1 Å². The number of hydrogen-bond acceptors (Lipinski definition) is 7. The van der Waals surface area contributed by atoms with Crippen LogP contribution in [0.15, 0.2) is 24.3 Å². The monoisotopic (exact) mass is 605 g/mol. The van der Waals surface area contributed by atoms with Crippen molar-refractivity contribution in [1.82, 2.24) is 0 Å². The average molecular weight is 605 g/mol. The van der Waals surface area contributed by atoms with Gasteiger partial charge in [0.2, 0.25) is 0 Å². The maximum atomic E-state index is 13.0. The fraction of sp³-hybridized carbons (Fsp3) is 0.529.